The molecule has 0 atom stereocenters. The van der Waals surface area contributed by atoms with Crippen molar-refractivity contribution < 1.29 is 0 Å². The summed E-state index contributed by atoms with van der Waals surface area (Å²) < 4.78 is 2.58. The Morgan fingerprint density at radius 1 is 0.471 bits per heavy atom. The average Bonchev–Trinajstić information content (AvgIpc) is 3.53. The minimum absolute atomic E-state index is 1.00. The molecule has 1 aliphatic heterocycles. The van der Waals surface area contributed by atoms with Crippen LogP contribution in [0.25, 0.3) is 49.7 Å². The summed E-state index contributed by atoms with van der Waals surface area (Å²) in [5.41, 5.74) is 18.7. The third-order valence-electron chi connectivity index (χ3n) is 8.40. The minimum atomic E-state index is 1.00. The van der Waals surface area contributed by atoms with Gasteiger partial charge in [0.05, 0.1) is 16.7 Å². The smallest absolute Gasteiger partial charge is 0.0579 e. The van der Waals surface area contributed by atoms with Crippen LogP contribution in [-0.2, 0) is 19.3 Å². The molecule has 1 heteroatoms. The SMILES string of the molecule is c1ccc2c(c1)Cc1cc3c(cc1-2)Cc1ccc2c(c1-3)-n1c3ccccc3c3cccc(c31)C2. The Hall–Kier alpha value is -4.10. The maximum Gasteiger partial charge on any atom is 0.0579 e. The first-order valence-electron chi connectivity index (χ1n) is 12.3. The number of benzene rings is 5. The van der Waals surface area contributed by atoms with Crippen molar-refractivity contribution in [3.63, 3.8) is 0 Å². The van der Waals surface area contributed by atoms with E-state index in [0.717, 1.165) is 19.3 Å². The minimum Gasteiger partial charge on any atom is -0.308 e. The highest BCUT2D eigenvalue weighted by molar-refractivity contribution is 6.12. The van der Waals surface area contributed by atoms with Crippen molar-refractivity contribution in [1.82, 2.24) is 4.57 Å². The van der Waals surface area contributed by atoms with Gasteiger partial charge in [-0.05, 0) is 81.1 Å². The molecule has 6 aromatic rings. The average molecular weight is 432 g/mol. The Kier molecular flexibility index (Phi) is 3.00. The molecule has 0 saturated carbocycles. The molecule has 0 spiro atoms. The Bertz CT molecular complexity index is 1880. The standard InChI is InChI=1S/C33H21N/c1-2-8-25-19(6-1)14-23-18-29-24(17-28(23)25)15-20-12-13-22-16-21-7-5-10-27-26-9-3-4-11-30(26)34(32(21)27)33(22)31(20)29/h1-13,17-18H,14-16H2. The zero-order valence-electron chi connectivity index (χ0n) is 18.7. The Labute approximate surface area is 197 Å². The molecule has 158 valence electrons. The van der Waals surface area contributed by atoms with Gasteiger partial charge in [0.2, 0.25) is 0 Å². The Balaban J connectivity index is 1.38. The highest BCUT2D eigenvalue weighted by Crippen LogP contribution is 2.50. The summed E-state index contributed by atoms with van der Waals surface area (Å²) >= 11 is 0. The van der Waals surface area contributed by atoms with Gasteiger partial charge in [0.15, 0.2) is 0 Å². The second-order valence-electron chi connectivity index (χ2n) is 10.1. The molecule has 0 bridgehead atoms. The lowest BCUT2D eigenvalue weighted by Gasteiger charge is -2.24. The zero-order chi connectivity index (χ0) is 22.0. The van der Waals surface area contributed by atoms with Gasteiger partial charge in [-0.15, -0.1) is 0 Å². The molecule has 0 amide bonds. The van der Waals surface area contributed by atoms with Crippen LogP contribution < -0.4 is 0 Å². The van der Waals surface area contributed by atoms with E-state index in [-0.39, 0.29) is 0 Å². The fraction of sp³-hybridized carbons (Fsp3) is 0.0909. The van der Waals surface area contributed by atoms with Gasteiger partial charge in [-0.2, -0.15) is 0 Å². The number of aromatic nitrogens is 1. The molecule has 0 saturated heterocycles. The van der Waals surface area contributed by atoms with Crippen LogP contribution in [-0.4, -0.2) is 4.57 Å². The summed E-state index contributed by atoms with van der Waals surface area (Å²) in [5, 5.41) is 2.73. The van der Waals surface area contributed by atoms with E-state index in [1.54, 1.807) is 0 Å². The molecule has 0 N–H and O–H groups in total. The second-order valence-corrected chi connectivity index (χ2v) is 10.1. The first-order valence-corrected chi connectivity index (χ1v) is 12.3. The maximum atomic E-state index is 2.58. The molecule has 1 aromatic heterocycles. The van der Waals surface area contributed by atoms with Gasteiger partial charge in [-0.3, -0.25) is 0 Å². The topological polar surface area (TPSA) is 4.93 Å². The Morgan fingerprint density at radius 2 is 1.18 bits per heavy atom. The third kappa shape index (κ3) is 1.98. The van der Waals surface area contributed by atoms with Gasteiger partial charge in [-0.1, -0.05) is 72.8 Å². The van der Waals surface area contributed by atoms with E-state index < -0.39 is 0 Å². The number of para-hydroxylation sites is 2. The van der Waals surface area contributed by atoms with Gasteiger partial charge >= 0.3 is 0 Å². The van der Waals surface area contributed by atoms with E-state index in [0.29, 0.717) is 0 Å². The lowest BCUT2D eigenvalue weighted by Crippen LogP contribution is -2.10. The molecule has 5 aromatic carbocycles. The Morgan fingerprint density at radius 3 is 2.18 bits per heavy atom. The molecule has 2 heterocycles. The third-order valence-corrected chi connectivity index (χ3v) is 8.40. The highest BCUT2D eigenvalue weighted by atomic mass is 15.0. The zero-order valence-corrected chi connectivity index (χ0v) is 18.7. The van der Waals surface area contributed by atoms with E-state index in [9.17, 15) is 0 Å². The highest BCUT2D eigenvalue weighted by Gasteiger charge is 2.31. The molecular formula is C33H21N. The van der Waals surface area contributed by atoms with Crippen molar-refractivity contribution in [2.24, 2.45) is 0 Å². The fourth-order valence-electron chi connectivity index (χ4n) is 7.00. The normalized spacial score (nSPS) is 14.1. The van der Waals surface area contributed by atoms with Gasteiger partial charge in [0.25, 0.3) is 0 Å². The second kappa shape index (κ2) is 5.87. The summed E-state index contributed by atoms with van der Waals surface area (Å²) in [5.74, 6) is 0. The number of hydrogen-bond acceptors (Lipinski definition) is 0. The van der Waals surface area contributed by atoms with Crippen LogP contribution in [0, 0.1) is 0 Å². The summed E-state index contributed by atoms with van der Waals surface area (Å²) in [6, 6.07) is 34.5. The fourth-order valence-corrected chi connectivity index (χ4v) is 7.00. The van der Waals surface area contributed by atoms with Gasteiger partial charge in [0.1, 0.15) is 0 Å². The summed E-state index contributed by atoms with van der Waals surface area (Å²) in [6.07, 6.45) is 3.07. The molecule has 9 rings (SSSR count). The molecule has 0 radical (unpaired) electrons. The van der Waals surface area contributed by atoms with Crippen molar-refractivity contribution in [3.8, 4) is 27.9 Å². The molecule has 1 nitrogen and oxygen atoms in total. The number of rotatable bonds is 0. The lowest BCUT2D eigenvalue weighted by molar-refractivity contribution is 1.04. The van der Waals surface area contributed by atoms with E-state index in [2.05, 4.69) is 95.6 Å². The van der Waals surface area contributed by atoms with Crippen LogP contribution >= 0.6 is 0 Å². The summed E-state index contributed by atoms with van der Waals surface area (Å²) in [4.78, 5) is 0. The van der Waals surface area contributed by atoms with Crippen molar-refractivity contribution in [3.05, 3.63) is 124 Å². The van der Waals surface area contributed by atoms with Gasteiger partial charge in [-0.25, -0.2) is 0 Å². The van der Waals surface area contributed by atoms with Crippen molar-refractivity contribution in [2.45, 2.75) is 19.3 Å². The van der Waals surface area contributed by atoms with Crippen molar-refractivity contribution in [1.29, 1.82) is 0 Å². The van der Waals surface area contributed by atoms with Crippen LogP contribution in [0.2, 0.25) is 0 Å². The molecule has 34 heavy (non-hydrogen) atoms. The van der Waals surface area contributed by atoms with Gasteiger partial charge in [0, 0.05) is 22.8 Å². The quantitative estimate of drug-likeness (QED) is 0.231. The number of fused-ring (bicyclic) bond motifs is 12. The maximum absolute atomic E-state index is 2.58. The predicted octanol–water partition coefficient (Wildman–Crippen LogP) is 7.83. The summed E-state index contributed by atoms with van der Waals surface area (Å²) in [6.45, 7) is 0. The molecule has 2 aliphatic carbocycles. The monoisotopic (exact) mass is 431 g/mol. The number of nitrogens with zero attached hydrogens (tertiary/aromatic N) is 1. The van der Waals surface area contributed by atoms with Crippen molar-refractivity contribution >= 4 is 21.8 Å². The van der Waals surface area contributed by atoms with Crippen LogP contribution in [0.5, 0.6) is 0 Å². The van der Waals surface area contributed by atoms with Crippen molar-refractivity contribution in [2.75, 3.05) is 0 Å². The van der Waals surface area contributed by atoms with Crippen LogP contribution in [0.4, 0.5) is 0 Å². The number of hydrogen-bond donors (Lipinski definition) is 0. The predicted molar refractivity (Wildman–Crippen MR) is 140 cm³/mol. The molecule has 0 unspecified atom stereocenters. The lowest BCUT2D eigenvalue weighted by atomic mass is 9.91. The molecule has 0 fully saturated rings. The van der Waals surface area contributed by atoms with Crippen LogP contribution in [0.3, 0.4) is 0 Å². The van der Waals surface area contributed by atoms with E-state index in [1.165, 1.54) is 83.1 Å². The molecular weight excluding hydrogens is 410 g/mol. The van der Waals surface area contributed by atoms with E-state index >= 15 is 0 Å². The van der Waals surface area contributed by atoms with E-state index in [1.807, 2.05) is 0 Å². The van der Waals surface area contributed by atoms with Gasteiger partial charge < -0.3 is 4.57 Å². The molecule has 3 aliphatic rings. The van der Waals surface area contributed by atoms with Crippen LogP contribution in [0.1, 0.15) is 33.4 Å². The first kappa shape index (κ1) is 17.4. The summed E-state index contributed by atoms with van der Waals surface area (Å²) in [7, 11) is 0. The largest absolute Gasteiger partial charge is 0.308 e. The van der Waals surface area contributed by atoms with E-state index in [4.69, 9.17) is 0 Å². The first-order chi connectivity index (χ1) is 16.8. The van der Waals surface area contributed by atoms with Crippen LogP contribution in [0.15, 0.2) is 91.0 Å².